The number of hydrogen-bond donors (Lipinski definition) is 0. The van der Waals surface area contributed by atoms with E-state index in [1.165, 1.54) is 0 Å². The van der Waals surface area contributed by atoms with E-state index in [0.717, 1.165) is 0 Å². The molecule has 2 aromatic rings. The van der Waals surface area contributed by atoms with E-state index in [4.69, 9.17) is 15.3 Å². The molecule has 5 nitrogen and oxygen atoms in total. The van der Waals surface area contributed by atoms with E-state index in [1.807, 2.05) is 12.1 Å². The summed E-state index contributed by atoms with van der Waals surface area (Å²) in [5.41, 5.74) is 1.38. The molecule has 0 amide bonds. The van der Waals surface area contributed by atoms with Gasteiger partial charge in [-0.3, -0.25) is 0 Å². The fourth-order valence-corrected chi connectivity index (χ4v) is 1.38. The average molecular weight is 236 g/mol. The second kappa shape index (κ2) is 4.94. The fourth-order valence-electron chi connectivity index (χ4n) is 1.38. The average Bonchev–Trinajstić information content (AvgIpc) is 2.38. The number of nitrogens with zero attached hydrogens (tertiary/aromatic N) is 4. The van der Waals surface area contributed by atoms with Gasteiger partial charge in [0.1, 0.15) is 17.5 Å². The maximum atomic E-state index is 8.80. The third kappa shape index (κ3) is 2.60. The predicted octanol–water partition coefficient (Wildman–Crippen LogP) is 2.32. The molecule has 86 valence electrons. The van der Waals surface area contributed by atoms with Gasteiger partial charge in [-0.15, -0.1) is 0 Å². The molecule has 5 heteroatoms. The van der Waals surface area contributed by atoms with Gasteiger partial charge in [0.25, 0.3) is 0 Å². The molecule has 0 aliphatic heterocycles. The third-order valence-electron chi connectivity index (χ3n) is 2.12. The molecule has 0 spiro atoms. The van der Waals surface area contributed by atoms with Crippen molar-refractivity contribution < 1.29 is 4.74 Å². The van der Waals surface area contributed by atoms with Gasteiger partial charge in [0.2, 0.25) is 0 Å². The SMILES string of the molecule is Cc1cc(C#N)nc(Oc2cccc(C#N)c2)n1. The van der Waals surface area contributed by atoms with Gasteiger partial charge in [-0.25, -0.2) is 4.98 Å². The maximum Gasteiger partial charge on any atom is 0.323 e. The van der Waals surface area contributed by atoms with Crippen LogP contribution in [0.3, 0.4) is 0 Å². The van der Waals surface area contributed by atoms with Crippen LogP contribution in [0.5, 0.6) is 11.8 Å². The van der Waals surface area contributed by atoms with Crippen LogP contribution in [0, 0.1) is 29.6 Å². The smallest absolute Gasteiger partial charge is 0.323 e. The van der Waals surface area contributed by atoms with Crippen molar-refractivity contribution in [1.29, 1.82) is 10.5 Å². The standard InChI is InChI=1S/C13H8N4O/c1-9-5-11(8-15)17-13(16-9)18-12-4-2-3-10(6-12)7-14/h2-6H,1H3. The Morgan fingerprint density at radius 3 is 2.67 bits per heavy atom. The zero-order valence-corrected chi connectivity index (χ0v) is 9.58. The summed E-state index contributed by atoms with van der Waals surface area (Å²) >= 11 is 0. The van der Waals surface area contributed by atoms with Crippen molar-refractivity contribution in [3.8, 4) is 23.9 Å². The molecule has 0 aliphatic rings. The monoisotopic (exact) mass is 236 g/mol. The number of aryl methyl sites for hydroxylation is 1. The maximum absolute atomic E-state index is 8.80. The lowest BCUT2D eigenvalue weighted by atomic mass is 10.2. The van der Waals surface area contributed by atoms with E-state index in [2.05, 4.69) is 9.97 Å². The molecular weight excluding hydrogens is 228 g/mol. The van der Waals surface area contributed by atoms with Gasteiger partial charge < -0.3 is 4.74 Å². The van der Waals surface area contributed by atoms with Gasteiger partial charge in [-0.05, 0) is 31.2 Å². The van der Waals surface area contributed by atoms with Crippen LogP contribution in [0.4, 0.5) is 0 Å². The lowest BCUT2D eigenvalue weighted by molar-refractivity contribution is 0.439. The van der Waals surface area contributed by atoms with Crippen LogP contribution in [0.15, 0.2) is 30.3 Å². The molecule has 0 bridgehead atoms. The molecule has 0 saturated carbocycles. The van der Waals surface area contributed by atoms with E-state index in [0.29, 0.717) is 17.0 Å². The van der Waals surface area contributed by atoms with Gasteiger partial charge in [0, 0.05) is 5.69 Å². The van der Waals surface area contributed by atoms with Crippen LogP contribution >= 0.6 is 0 Å². The van der Waals surface area contributed by atoms with Crippen molar-refractivity contribution in [3.63, 3.8) is 0 Å². The highest BCUT2D eigenvalue weighted by Crippen LogP contribution is 2.19. The molecular formula is C13H8N4O. The number of nitriles is 2. The third-order valence-corrected chi connectivity index (χ3v) is 2.12. The Balaban J connectivity index is 2.31. The predicted molar refractivity (Wildman–Crippen MR) is 62.7 cm³/mol. The summed E-state index contributed by atoms with van der Waals surface area (Å²) in [5, 5.41) is 17.6. The van der Waals surface area contributed by atoms with Crippen LogP contribution in [-0.4, -0.2) is 9.97 Å². The molecule has 0 fully saturated rings. The van der Waals surface area contributed by atoms with Gasteiger partial charge in [-0.1, -0.05) is 6.07 Å². The van der Waals surface area contributed by atoms with E-state index >= 15 is 0 Å². The first-order valence-electron chi connectivity index (χ1n) is 5.15. The molecule has 0 saturated heterocycles. The molecule has 1 aromatic heterocycles. The minimum absolute atomic E-state index is 0.0987. The number of aromatic nitrogens is 2. The molecule has 0 unspecified atom stereocenters. The van der Waals surface area contributed by atoms with Gasteiger partial charge >= 0.3 is 6.01 Å². The van der Waals surface area contributed by atoms with Gasteiger partial charge in [0.05, 0.1) is 11.6 Å². The summed E-state index contributed by atoms with van der Waals surface area (Å²) in [6.07, 6.45) is 0. The second-order valence-corrected chi connectivity index (χ2v) is 3.53. The van der Waals surface area contributed by atoms with Crippen molar-refractivity contribution in [2.75, 3.05) is 0 Å². The topological polar surface area (TPSA) is 82.6 Å². The molecule has 0 N–H and O–H groups in total. The van der Waals surface area contributed by atoms with Crippen LogP contribution in [0.25, 0.3) is 0 Å². The van der Waals surface area contributed by atoms with E-state index < -0.39 is 0 Å². The highest BCUT2D eigenvalue weighted by molar-refractivity contribution is 5.37. The van der Waals surface area contributed by atoms with Gasteiger partial charge in [-0.2, -0.15) is 15.5 Å². The van der Waals surface area contributed by atoms with Crippen molar-refractivity contribution in [2.24, 2.45) is 0 Å². The quantitative estimate of drug-likeness (QED) is 0.799. The van der Waals surface area contributed by atoms with Crippen LogP contribution in [-0.2, 0) is 0 Å². The first-order valence-corrected chi connectivity index (χ1v) is 5.15. The van der Waals surface area contributed by atoms with E-state index in [1.54, 1.807) is 37.3 Å². The first kappa shape index (κ1) is 11.6. The zero-order valence-electron chi connectivity index (χ0n) is 9.58. The zero-order chi connectivity index (χ0) is 13.0. The van der Waals surface area contributed by atoms with Crippen molar-refractivity contribution in [3.05, 3.63) is 47.3 Å². The van der Waals surface area contributed by atoms with E-state index in [-0.39, 0.29) is 11.7 Å². The molecule has 0 radical (unpaired) electrons. The van der Waals surface area contributed by atoms with Crippen molar-refractivity contribution in [2.45, 2.75) is 6.92 Å². The number of rotatable bonds is 2. The van der Waals surface area contributed by atoms with Crippen molar-refractivity contribution in [1.82, 2.24) is 9.97 Å². The Kier molecular flexibility index (Phi) is 3.17. The summed E-state index contributed by atoms with van der Waals surface area (Å²) < 4.78 is 5.42. The largest absolute Gasteiger partial charge is 0.424 e. The highest BCUT2D eigenvalue weighted by Gasteiger charge is 2.05. The number of hydrogen-bond acceptors (Lipinski definition) is 5. The Bertz CT molecular complexity index is 667. The lowest BCUT2D eigenvalue weighted by Crippen LogP contribution is -1.96. The van der Waals surface area contributed by atoms with Crippen molar-refractivity contribution >= 4 is 0 Å². The number of ether oxygens (including phenoxy) is 1. The Hall–Kier alpha value is -2.92. The van der Waals surface area contributed by atoms with Gasteiger partial charge in [0.15, 0.2) is 0 Å². The first-order chi connectivity index (χ1) is 8.71. The summed E-state index contributed by atoms with van der Waals surface area (Å²) in [5.74, 6) is 0.462. The summed E-state index contributed by atoms with van der Waals surface area (Å²) in [6, 6.07) is 12.3. The summed E-state index contributed by atoms with van der Waals surface area (Å²) in [4.78, 5) is 7.99. The molecule has 0 aliphatic carbocycles. The molecule has 1 heterocycles. The Morgan fingerprint density at radius 1 is 1.11 bits per heavy atom. The fraction of sp³-hybridized carbons (Fsp3) is 0.0769. The normalized spacial score (nSPS) is 9.28. The highest BCUT2D eigenvalue weighted by atomic mass is 16.5. The minimum atomic E-state index is 0.0987. The Morgan fingerprint density at radius 2 is 1.94 bits per heavy atom. The number of benzene rings is 1. The summed E-state index contributed by atoms with van der Waals surface area (Å²) in [6.45, 7) is 1.75. The second-order valence-electron chi connectivity index (χ2n) is 3.53. The Labute approximate surface area is 104 Å². The van der Waals surface area contributed by atoms with Crippen LogP contribution < -0.4 is 4.74 Å². The van der Waals surface area contributed by atoms with Crippen LogP contribution in [0.1, 0.15) is 17.0 Å². The molecule has 2 rings (SSSR count). The molecule has 1 aromatic carbocycles. The lowest BCUT2D eigenvalue weighted by Gasteiger charge is -2.04. The minimum Gasteiger partial charge on any atom is -0.424 e. The summed E-state index contributed by atoms with van der Waals surface area (Å²) in [7, 11) is 0. The van der Waals surface area contributed by atoms with Crippen LogP contribution in [0.2, 0.25) is 0 Å². The molecule has 0 atom stereocenters. The van der Waals surface area contributed by atoms with E-state index in [9.17, 15) is 0 Å². The molecule has 18 heavy (non-hydrogen) atoms.